The van der Waals surface area contributed by atoms with Crippen LogP contribution in [0.1, 0.15) is 18.1 Å². The number of fused-ring (bicyclic) bond motifs is 2. The maximum Gasteiger partial charge on any atom is 0.310 e. The van der Waals surface area contributed by atoms with Crippen LogP contribution in [0.2, 0.25) is 0 Å². The number of rotatable bonds is 6. The van der Waals surface area contributed by atoms with Crippen LogP contribution in [0, 0.1) is 0 Å². The second kappa shape index (κ2) is 7.64. The summed E-state index contributed by atoms with van der Waals surface area (Å²) >= 11 is 0. The highest BCUT2D eigenvalue weighted by molar-refractivity contribution is 5.93. The van der Waals surface area contributed by atoms with Gasteiger partial charge in [-0.1, -0.05) is 19.1 Å². The van der Waals surface area contributed by atoms with Crippen LogP contribution in [0.25, 0.3) is 11.0 Å². The first-order valence-corrected chi connectivity index (χ1v) is 8.96. The first-order valence-electron chi connectivity index (χ1n) is 8.96. The Bertz CT molecular complexity index is 1040. The molecule has 0 aliphatic carbocycles. The van der Waals surface area contributed by atoms with E-state index in [9.17, 15) is 9.59 Å². The van der Waals surface area contributed by atoms with Crippen molar-refractivity contribution in [2.45, 2.75) is 19.8 Å². The van der Waals surface area contributed by atoms with Gasteiger partial charge in [0.25, 0.3) is 5.91 Å². The van der Waals surface area contributed by atoms with Gasteiger partial charge in [0.2, 0.25) is 6.79 Å². The average molecular weight is 381 g/mol. The summed E-state index contributed by atoms with van der Waals surface area (Å²) < 4.78 is 21.1. The summed E-state index contributed by atoms with van der Waals surface area (Å²) in [5.41, 5.74) is 3.18. The molecule has 1 aromatic heterocycles. The maximum absolute atomic E-state index is 12.1. The number of ether oxygens (including phenoxy) is 3. The van der Waals surface area contributed by atoms with Crippen molar-refractivity contribution in [1.29, 1.82) is 0 Å². The van der Waals surface area contributed by atoms with Crippen molar-refractivity contribution >= 4 is 28.5 Å². The molecule has 0 atom stereocenters. The first kappa shape index (κ1) is 17.9. The van der Waals surface area contributed by atoms with Crippen LogP contribution in [0.5, 0.6) is 11.5 Å². The molecular formula is C21H19NO6. The van der Waals surface area contributed by atoms with Gasteiger partial charge in [0.05, 0.1) is 12.7 Å². The molecule has 144 valence electrons. The molecule has 1 N–H and O–H groups in total. The van der Waals surface area contributed by atoms with Crippen LogP contribution in [-0.2, 0) is 27.2 Å². The minimum Gasteiger partial charge on any atom is -0.464 e. The smallest absolute Gasteiger partial charge is 0.310 e. The van der Waals surface area contributed by atoms with Crippen molar-refractivity contribution in [1.82, 2.24) is 0 Å². The lowest BCUT2D eigenvalue weighted by molar-refractivity contribution is -0.146. The van der Waals surface area contributed by atoms with E-state index in [0.717, 1.165) is 28.5 Å². The van der Waals surface area contributed by atoms with E-state index >= 15 is 0 Å². The molecule has 0 saturated heterocycles. The molecule has 2 aromatic carbocycles. The molecule has 2 heterocycles. The summed E-state index contributed by atoms with van der Waals surface area (Å²) in [6.07, 6.45) is 2.50. The number of anilines is 1. The molecule has 7 heteroatoms. The second-order valence-electron chi connectivity index (χ2n) is 6.40. The fourth-order valence-corrected chi connectivity index (χ4v) is 3.01. The average Bonchev–Trinajstić information content (AvgIpc) is 3.32. The van der Waals surface area contributed by atoms with Crippen molar-refractivity contribution in [3.8, 4) is 11.5 Å². The zero-order valence-corrected chi connectivity index (χ0v) is 15.3. The number of hydrogen-bond donors (Lipinski definition) is 1. The molecule has 0 spiro atoms. The summed E-state index contributed by atoms with van der Waals surface area (Å²) in [7, 11) is 0. The highest BCUT2D eigenvalue weighted by Crippen LogP contribution is 2.34. The van der Waals surface area contributed by atoms with Gasteiger partial charge in [0, 0.05) is 22.7 Å². The summed E-state index contributed by atoms with van der Waals surface area (Å²) in [6.45, 7) is 1.85. The van der Waals surface area contributed by atoms with E-state index in [1.807, 2.05) is 18.2 Å². The fraction of sp³-hybridized carbons (Fsp3) is 0.238. The number of hydrogen-bond acceptors (Lipinski definition) is 6. The predicted octanol–water partition coefficient (Wildman–Crippen LogP) is 3.45. The van der Waals surface area contributed by atoms with Gasteiger partial charge in [-0.25, -0.2) is 0 Å². The lowest BCUT2D eigenvalue weighted by Crippen LogP contribution is -2.21. The number of aryl methyl sites for hydroxylation is 1. The Morgan fingerprint density at radius 1 is 1.11 bits per heavy atom. The Labute approximate surface area is 161 Å². The van der Waals surface area contributed by atoms with Crippen LogP contribution in [0.4, 0.5) is 5.69 Å². The maximum atomic E-state index is 12.1. The van der Waals surface area contributed by atoms with E-state index in [4.69, 9.17) is 18.6 Å². The number of carbonyl (C=O) groups is 2. The molecule has 3 aromatic rings. The molecule has 0 bridgehead atoms. The van der Waals surface area contributed by atoms with Crippen LogP contribution in [0.3, 0.4) is 0 Å². The SMILES string of the molecule is CCc1ccc2c(CC(=O)OCC(=O)Nc3ccc4c(c3)OCO4)coc2c1. The van der Waals surface area contributed by atoms with E-state index in [1.165, 1.54) is 0 Å². The third-order valence-corrected chi connectivity index (χ3v) is 4.48. The van der Waals surface area contributed by atoms with Crippen molar-refractivity contribution in [2.24, 2.45) is 0 Å². The molecule has 7 nitrogen and oxygen atoms in total. The zero-order valence-electron chi connectivity index (χ0n) is 15.3. The van der Waals surface area contributed by atoms with E-state index < -0.39 is 11.9 Å². The Balaban J connectivity index is 1.31. The summed E-state index contributed by atoms with van der Waals surface area (Å²) in [5.74, 6) is 0.260. The molecule has 1 amide bonds. The molecule has 4 rings (SSSR count). The third kappa shape index (κ3) is 3.78. The normalized spacial score (nSPS) is 12.2. The van der Waals surface area contributed by atoms with Crippen LogP contribution >= 0.6 is 0 Å². The lowest BCUT2D eigenvalue weighted by atomic mass is 10.1. The van der Waals surface area contributed by atoms with Crippen LogP contribution in [0.15, 0.2) is 47.1 Å². The minimum atomic E-state index is -0.497. The highest BCUT2D eigenvalue weighted by atomic mass is 16.7. The molecule has 0 saturated carbocycles. The van der Waals surface area contributed by atoms with E-state index in [2.05, 4.69) is 12.2 Å². The molecule has 0 unspecified atom stereocenters. The standard InChI is InChI=1S/C21H19NO6/c1-2-13-3-5-16-14(10-25-18(16)7-13)8-21(24)26-11-20(23)22-15-4-6-17-19(9-15)28-12-27-17/h3-7,9-10H,2,8,11-12H2,1H3,(H,22,23). The Morgan fingerprint density at radius 2 is 1.96 bits per heavy atom. The molecule has 0 fully saturated rings. The van der Waals surface area contributed by atoms with Crippen LogP contribution < -0.4 is 14.8 Å². The first-order chi connectivity index (χ1) is 13.6. The van der Waals surface area contributed by atoms with Gasteiger partial charge >= 0.3 is 5.97 Å². The van der Waals surface area contributed by atoms with E-state index in [1.54, 1.807) is 24.5 Å². The van der Waals surface area contributed by atoms with Gasteiger partial charge in [0.1, 0.15) is 5.58 Å². The molecule has 0 radical (unpaired) electrons. The van der Waals surface area contributed by atoms with Gasteiger partial charge in [-0.3, -0.25) is 9.59 Å². The van der Waals surface area contributed by atoms with E-state index in [-0.39, 0.29) is 19.8 Å². The quantitative estimate of drug-likeness (QED) is 0.658. The van der Waals surface area contributed by atoms with E-state index in [0.29, 0.717) is 17.2 Å². The van der Waals surface area contributed by atoms with Crippen molar-refractivity contribution < 1.29 is 28.2 Å². The molecular weight excluding hydrogens is 362 g/mol. The number of carbonyl (C=O) groups excluding carboxylic acids is 2. The van der Waals surface area contributed by atoms with Crippen molar-refractivity contribution in [3.05, 3.63) is 53.8 Å². The van der Waals surface area contributed by atoms with Gasteiger partial charge < -0.3 is 23.9 Å². The lowest BCUT2D eigenvalue weighted by Gasteiger charge is -2.07. The summed E-state index contributed by atoms with van der Waals surface area (Å²) in [6, 6.07) is 11.0. The fourth-order valence-electron chi connectivity index (χ4n) is 3.01. The Kier molecular flexibility index (Phi) is 4.89. The minimum absolute atomic E-state index is 0.0375. The molecule has 28 heavy (non-hydrogen) atoms. The second-order valence-corrected chi connectivity index (χ2v) is 6.40. The van der Waals surface area contributed by atoms with Crippen molar-refractivity contribution in [3.63, 3.8) is 0 Å². The Morgan fingerprint density at radius 3 is 2.82 bits per heavy atom. The molecule has 1 aliphatic heterocycles. The largest absolute Gasteiger partial charge is 0.464 e. The Hall–Kier alpha value is -3.48. The predicted molar refractivity (Wildman–Crippen MR) is 101 cm³/mol. The molecule has 1 aliphatic rings. The van der Waals surface area contributed by atoms with Gasteiger partial charge in [-0.2, -0.15) is 0 Å². The summed E-state index contributed by atoms with van der Waals surface area (Å²) in [4.78, 5) is 24.1. The van der Waals surface area contributed by atoms with Crippen molar-refractivity contribution in [2.75, 3.05) is 18.7 Å². The topological polar surface area (TPSA) is 87.0 Å². The number of furan rings is 1. The number of esters is 1. The number of nitrogens with one attached hydrogen (secondary N) is 1. The zero-order chi connectivity index (χ0) is 19.5. The monoisotopic (exact) mass is 381 g/mol. The van der Waals surface area contributed by atoms with Gasteiger partial charge in [0.15, 0.2) is 18.1 Å². The van der Waals surface area contributed by atoms with Gasteiger partial charge in [-0.05, 0) is 30.2 Å². The highest BCUT2D eigenvalue weighted by Gasteiger charge is 2.16. The number of benzene rings is 2. The van der Waals surface area contributed by atoms with Gasteiger partial charge in [-0.15, -0.1) is 0 Å². The van der Waals surface area contributed by atoms with Crippen LogP contribution in [-0.4, -0.2) is 25.3 Å². The summed E-state index contributed by atoms with van der Waals surface area (Å²) in [5, 5.41) is 3.53. The number of amides is 1. The third-order valence-electron chi connectivity index (χ3n) is 4.48.